The highest BCUT2D eigenvalue weighted by Gasteiger charge is 2.27. The van der Waals surface area contributed by atoms with Crippen molar-refractivity contribution in [3.05, 3.63) is 41.2 Å². The lowest BCUT2D eigenvalue weighted by atomic mass is 10.3. The molecular weight excluding hydrogens is 224 g/mol. The zero-order chi connectivity index (χ0) is 11.1. The summed E-state index contributed by atoms with van der Waals surface area (Å²) < 4.78 is 1.70. The van der Waals surface area contributed by atoms with Gasteiger partial charge in [-0.3, -0.25) is 0 Å². The van der Waals surface area contributed by atoms with Crippen molar-refractivity contribution in [1.82, 2.24) is 9.78 Å². The van der Waals surface area contributed by atoms with Gasteiger partial charge in [0.1, 0.15) is 10.9 Å². The Morgan fingerprint density at radius 1 is 1.25 bits per heavy atom. The second kappa shape index (κ2) is 3.52. The van der Waals surface area contributed by atoms with Gasteiger partial charge in [0.05, 0.1) is 11.4 Å². The van der Waals surface area contributed by atoms with Gasteiger partial charge in [-0.15, -0.1) is 0 Å². The maximum atomic E-state index is 9.21. The fourth-order valence-electron chi connectivity index (χ4n) is 1.73. The van der Waals surface area contributed by atoms with Crippen LogP contribution in [0.5, 0.6) is 5.75 Å². The van der Waals surface area contributed by atoms with E-state index in [0.29, 0.717) is 11.1 Å². The maximum Gasteiger partial charge on any atom is 0.133 e. The number of rotatable bonds is 2. The smallest absolute Gasteiger partial charge is 0.133 e. The topological polar surface area (TPSA) is 38.0 Å². The molecule has 0 radical (unpaired) electrons. The molecule has 0 saturated heterocycles. The average molecular weight is 235 g/mol. The van der Waals surface area contributed by atoms with Crippen molar-refractivity contribution in [1.29, 1.82) is 0 Å². The predicted molar refractivity (Wildman–Crippen MR) is 62.2 cm³/mol. The fourth-order valence-corrected chi connectivity index (χ4v) is 1.98. The van der Waals surface area contributed by atoms with Crippen LogP contribution in [0.4, 0.5) is 0 Å². The molecule has 0 spiro atoms. The first-order valence-electron chi connectivity index (χ1n) is 5.29. The zero-order valence-electron chi connectivity index (χ0n) is 8.60. The predicted octanol–water partition coefficient (Wildman–Crippen LogP) is 3.11. The van der Waals surface area contributed by atoms with Crippen LogP contribution in [0.1, 0.15) is 24.5 Å². The summed E-state index contributed by atoms with van der Waals surface area (Å²) >= 11 is 6.13. The molecule has 1 heterocycles. The van der Waals surface area contributed by atoms with E-state index in [-0.39, 0.29) is 5.75 Å². The molecule has 1 aromatic heterocycles. The lowest BCUT2D eigenvalue weighted by Crippen LogP contribution is -1.96. The van der Waals surface area contributed by atoms with Gasteiger partial charge in [0, 0.05) is 5.92 Å². The number of phenols is 1. The molecule has 0 atom stereocenters. The molecule has 2 aromatic rings. The molecule has 1 N–H and O–H groups in total. The molecule has 16 heavy (non-hydrogen) atoms. The van der Waals surface area contributed by atoms with Crippen LogP contribution in [-0.2, 0) is 0 Å². The first kappa shape index (κ1) is 9.73. The van der Waals surface area contributed by atoms with E-state index in [2.05, 4.69) is 5.10 Å². The number of aromatic nitrogens is 2. The highest BCUT2D eigenvalue weighted by molar-refractivity contribution is 6.29. The standard InChI is InChI=1S/C12H11ClN2O/c13-12-7-11(8-1-2-8)14-15(12)9-3-5-10(16)6-4-9/h3-8,16H,1-2H2. The number of hydrogen-bond donors (Lipinski definition) is 1. The number of benzene rings is 1. The van der Waals surface area contributed by atoms with Crippen molar-refractivity contribution in [3.63, 3.8) is 0 Å². The number of halogens is 1. The van der Waals surface area contributed by atoms with Gasteiger partial charge < -0.3 is 5.11 Å². The van der Waals surface area contributed by atoms with E-state index in [1.54, 1.807) is 28.9 Å². The minimum Gasteiger partial charge on any atom is -0.508 e. The first-order chi connectivity index (χ1) is 7.74. The van der Waals surface area contributed by atoms with E-state index in [4.69, 9.17) is 11.6 Å². The molecule has 0 bridgehead atoms. The molecular formula is C12H11ClN2O. The van der Waals surface area contributed by atoms with Crippen LogP contribution in [0.3, 0.4) is 0 Å². The van der Waals surface area contributed by atoms with Gasteiger partial charge in [0.2, 0.25) is 0 Å². The Labute approximate surface area is 98.3 Å². The van der Waals surface area contributed by atoms with Crippen molar-refractivity contribution in [2.75, 3.05) is 0 Å². The lowest BCUT2D eigenvalue weighted by molar-refractivity contribution is 0.475. The molecule has 4 heteroatoms. The second-order valence-electron chi connectivity index (χ2n) is 4.09. The number of hydrogen-bond acceptors (Lipinski definition) is 2. The van der Waals surface area contributed by atoms with Crippen LogP contribution in [0.25, 0.3) is 5.69 Å². The van der Waals surface area contributed by atoms with Gasteiger partial charge in [0.25, 0.3) is 0 Å². The van der Waals surface area contributed by atoms with E-state index in [1.807, 2.05) is 6.07 Å². The van der Waals surface area contributed by atoms with Crippen molar-refractivity contribution < 1.29 is 5.11 Å². The van der Waals surface area contributed by atoms with Gasteiger partial charge in [-0.1, -0.05) is 11.6 Å². The summed E-state index contributed by atoms with van der Waals surface area (Å²) in [5.74, 6) is 0.838. The van der Waals surface area contributed by atoms with Crippen LogP contribution in [0, 0.1) is 0 Å². The Morgan fingerprint density at radius 2 is 1.94 bits per heavy atom. The van der Waals surface area contributed by atoms with Gasteiger partial charge in [-0.2, -0.15) is 5.10 Å². The highest BCUT2D eigenvalue weighted by atomic mass is 35.5. The summed E-state index contributed by atoms with van der Waals surface area (Å²) in [6.07, 6.45) is 2.42. The monoisotopic (exact) mass is 234 g/mol. The Hall–Kier alpha value is -1.48. The molecule has 82 valence electrons. The normalized spacial score (nSPS) is 15.3. The summed E-state index contributed by atoms with van der Waals surface area (Å²) in [6, 6.07) is 8.77. The third-order valence-electron chi connectivity index (χ3n) is 2.77. The Morgan fingerprint density at radius 3 is 2.56 bits per heavy atom. The van der Waals surface area contributed by atoms with Gasteiger partial charge in [-0.05, 0) is 43.2 Å². The first-order valence-corrected chi connectivity index (χ1v) is 5.67. The van der Waals surface area contributed by atoms with Crippen LogP contribution < -0.4 is 0 Å². The van der Waals surface area contributed by atoms with Crippen LogP contribution in [0.2, 0.25) is 5.15 Å². The third kappa shape index (κ3) is 1.67. The molecule has 1 aliphatic carbocycles. The molecule has 1 saturated carbocycles. The highest BCUT2D eigenvalue weighted by Crippen LogP contribution is 2.40. The van der Waals surface area contributed by atoms with Crippen LogP contribution >= 0.6 is 11.6 Å². The number of aromatic hydroxyl groups is 1. The van der Waals surface area contributed by atoms with Crippen LogP contribution in [-0.4, -0.2) is 14.9 Å². The summed E-state index contributed by atoms with van der Waals surface area (Å²) in [4.78, 5) is 0. The fraction of sp³-hybridized carbons (Fsp3) is 0.250. The van der Waals surface area contributed by atoms with Gasteiger partial charge >= 0.3 is 0 Å². The molecule has 0 amide bonds. The maximum absolute atomic E-state index is 9.21. The summed E-state index contributed by atoms with van der Waals surface area (Å²) in [5.41, 5.74) is 1.94. The Bertz CT molecular complexity index is 514. The van der Waals surface area contributed by atoms with E-state index < -0.39 is 0 Å². The van der Waals surface area contributed by atoms with Gasteiger partial charge in [0.15, 0.2) is 0 Å². The Kier molecular flexibility index (Phi) is 2.14. The average Bonchev–Trinajstić information content (AvgIpc) is 3.04. The SMILES string of the molecule is Oc1ccc(-n2nc(C3CC3)cc2Cl)cc1. The van der Waals surface area contributed by atoms with E-state index in [0.717, 1.165) is 11.4 Å². The lowest BCUT2D eigenvalue weighted by Gasteiger charge is -2.02. The van der Waals surface area contributed by atoms with Crippen molar-refractivity contribution in [2.24, 2.45) is 0 Å². The summed E-state index contributed by atoms with van der Waals surface area (Å²) in [6.45, 7) is 0. The molecule has 1 fully saturated rings. The number of phenolic OH excluding ortho intramolecular Hbond substituents is 1. The molecule has 1 aliphatic rings. The molecule has 0 unspecified atom stereocenters. The minimum absolute atomic E-state index is 0.245. The van der Waals surface area contributed by atoms with E-state index in [1.165, 1.54) is 12.8 Å². The molecule has 1 aromatic carbocycles. The summed E-state index contributed by atoms with van der Waals surface area (Å²) in [5, 5.41) is 14.3. The van der Waals surface area contributed by atoms with E-state index >= 15 is 0 Å². The Balaban J connectivity index is 2.01. The second-order valence-corrected chi connectivity index (χ2v) is 4.48. The zero-order valence-corrected chi connectivity index (χ0v) is 9.35. The molecule has 3 rings (SSSR count). The summed E-state index contributed by atoms with van der Waals surface area (Å²) in [7, 11) is 0. The number of nitrogens with zero attached hydrogens (tertiary/aromatic N) is 2. The molecule has 3 nitrogen and oxygen atoms in total. The largest absolute Gasteiger partial charge is 0.508 e. The van der Waals surface area contributed by atoms with E-state index in [9.17, 15) is 5.11 Å². The van der Waals surface area contributed by atoms with Crippen molar-refractivity contribution in [2.45, 2.75) is 18.8 Å². The van der Waals surface area contributed by atoms with Crippen LogP contribution in [0.15, 0.2) is 30.3 Å². The molecule has 0 aliphatic heterocycles. The van der Waals surface area contributed by atoms with Crippen molar-refractivity contribution in [3.8, 4) is 11.4 Å². The quantitative estimate of drug-likeness (QED) is 0.867. The third-order valence-corrected chi connectivity index (χ3v) is 3.04. The van der Waals surface area contributed by atoms with Gasteiger partial charge in [-0.25, -0.2) is 4.68 Å². The minimum atomic E-state index is 0.245. The van der Waals surface area contributed by atoms with Crippen molar-refractivity contribution >= 4 is 11.6 Å².